The third kappa shape index (κ3) is 14.6. The average Bonchev–Trinajstić information content (AvgIpc) is 2.54. The maximum absolute atomic E-state index is 11.4. The van der Waals surface area contributed by atoms with Gasteiger partial charge < -0.3 is 39.2 Å². The number of alkyl carbamates (subject to hydrolysis) is 1. The van der Waals surface area contributed by atoms with Crippen molar-refractivity contribution in [2.75, 3.05) is 66.0 Å². The normalized spacial score (nSPS) is 11.3. The van der Waals surface area contributed by atoms with Crippen molar-refractivity contribution in [3.8, 4) is 0 Å². The highest BCUT2D eigenvalue weighted by Gasteiger charge is 2.31. The second-order valence-electron chi connectivity index (χ2n) is 5.30. The number of rotatable bonds is 16. The summed E-state index contributed by atoms with van der Waals surface area (Å²) in [5, 5.41) is 19.7. The van der Waals surface area contributed by atoms with Gasteiger partial charge >= 0.3 is 12.1 Å². The zero-order chi connectivity index (χ0) is 19.0. The van der Waals surface area contributed by atoms with Crippen molar-refractivity contribution in [2.24, 2.45) is 0 Å². The molecule has 0 spiro atoms. The van der Waals surface area contributed by atoms with E-state index in [1.54, 1.807) is 0 Å². The first kappa shape index (κ1) is 23.5. The molecular weight excluding hydrogens is 338 g/mol. The number of aliphatic hydroxyl groups excluding tert-OH is 1. The van der Waals surface area contributed by atoms with E-state index in [2.05, 4.69) is 5.32 Å². The lowest BCUT2D eigenvalue weighted by atomic mass is 10.1. The van der Waals surface area contributed by atoms with Gasteiger partial charge in [0.2, 0.25) is 5.60 Å². The fourth-order valence-electron chi connectivity index (χ4n) is 1.36. The van der Waals surface area contributed by atoms with Crippen molar-refractivity contribution in [1.82, 2.24) is 5.32 Å². The number of ether oxygens (including phenoxy) is 5. The van der Waals surface area contributed by atoms with Crippen LogP contribution in [0, 0.1) is 0 Å². The molecule has 0 aliphatic rings. The molecule has 3 N–H and O–H groups in total. The van der Waals surface area contributed by atoms with Gasteiger partial charge in [-0.15, -0.1) is 0 Å². The molecule has 0 rings (SSSR count). The predicted molar refractivity (Wildman–Crippen MR) is 86.6 cm³/mol. The van der Waals surface area contributed by atoms with Crippen LogP contribution in [0.3, 0.4) is 0 Å². The highest BCUT2D eigenvalue weighted by molar-refractivity contribution is 5.80. The van der Waals surface area contributed by atoms with Crippen LogP contribution in [0.5, 0.6) is 0 Å². The second-order valence-corrected chi connectivity index (χ2v) is 5.30. The minimum Gasteiger partial charge on any atom is -0.478 e. The Bertz CT molecular complexity index is 363. The third-order valence-electron chi connectivity index (χ3n) is 2.73. The van der Waals surface area contributed by atoms with Gasteiger partial charge in [-0.2, -0.15) is 0 Å². The van der Waals surface area contributed by atoms with Crippen molar-refractivity contribution >= 4 is 12.1 Å². The Balaban J connectivity index is 3.31. The summed E-state index contributed by atoms with van der Waals surface area (Å²) >= 11 is 0. The summed E-state index contributed by atoms with van der Waals surface area (Å²) < 4.78 is 25.5. The number of aliphatic hydroxyl groups is 1. The smallest absolute Gasteiger partial charge is 0.408 e. The van der Waals surface area contributed by atoms with E-state index in [0.717, 1.165) is 0 Å². The molecule has 0 atom stereocenters. The van der Waals surface area contributed by atoms with Gasteiger partial charge in [-0.05, 0) is 13.8 Å². The first-order valence-electron chi connectivity index (χ1n) is 8.02. The summed E-state index contributed by atoms with van der Waals surface area (Å²) in [5.74, 6) is -1.22. The van der Waals surface area contributed by atoms with Gasteiger partial charge in [0.05, 0.1) is 59.5 Å². The first-order valence-corrected chi connectivity index (χ1v) is 8.02. The molecule has 0 fully saturated rings. The van der Waals surface area contributed by atoms with E-state index >= 15 is 0 Å². The van der Waals surface area contributed by atoms with Crippen LogP contribution in [-0.2, 0) is 28.5 Å². The van der Waals surface area contributed by atoms with Crippen molar-refractivity contribution in [2.45, 2.75) is 19.4 Å². The molecule has 1 amide bonds. The summed E-state index contributed by atoms with van der Waals surface area (Å²) in [6, 6.07) is 0. The van der Waals surface area contributed by atoms with Crippen LogP contribution in [0.2, 0.25) is 0 Å². The number of nitrogens with one attached hydrogen (secondary N) is 1. The Kier molecular flexibility index (Phi) is 14.0. The molecule has 10 nitrogen and oxygen atoms in total. The minimum absolute atomic E-state index is 0.000135. The number of carboxylic acids is 1. The van der Waals surface area contributed by atoms with Crippen LogP contribution in [0.15, 0.2) is 0 Å². The second kappa shape index (κ2) is 14.8. The molecule has 0 radical (unpaired) electrons. The highest BCUT2D eigenvalue weighted by Crippen LogP contribution is 2.08. The van der Waals surface area contributed by atoms with Crippen LogP contribution in [-0.4, -0.2) is 93.9 Å². The lowest BCUT2D eigenvalue weighted by molar-refractivity contribution is -0.154. The number of carbonyl (C=O) groups is 2. The maximum Gasteiger partial charge on any atom is 0.408 e. The first-order chi connectivity index (χ1) is 11.9. The van der Waals surface area contributed by atoms with Crippen molar-refractivity contribution < 1.29 is 43.5 Å². The van der Waals surface area contributed by atoms with Crippen LogP contribution < -0.4 is 5.32 Å². The minimum atomic E-state index is -1.58. The zero-order valence-electron chi connectivity index (χ0n) is 14.8. The molecule has 0 unspecified atom stereocenters. The lowest BCUT2D eigenvalue weighted by Gasteiger charge is -2.20. The summed E-state index contributed by atoms with van der Waals surface area (Å²) in [6.45, 7) is 5.83. The van der Waals surface area contributed by atoms with Gasteiger partial charge in [0.25, 0.3) is 0 Å². The van der Waals surface area contributed by atoms with Crippen molar-refractivity contribution in [1.29, 1.82) is 0 Å². The molecule has 0 heterocycles. The zero-order valence-corrected chi connectivity index (χ0v) is 14.8. The summed E-state index contributed by atoms with van der Waals surface area (Å²) in [5.41, 5.74) is -1.58. The van der Waals surface area contributed by atoms with Crippen LogP contribution >= 0.6 is 0 Å². The molecule has 10 heteroatoms. The SMILES string of the molecule is CC(C)(OC(=O)NCCOCCOCCOCCOCCO)C(=O)O. The van der Waals surface area contributed by atoms with Gasteiger partial charge in [0.1, 0.15) is 0 Å². The third-order valence-corrected chi connectivity index (χ3v) is 2.73. The molecule has 0 aromatic rings. The number of amides is 1. The Morgan fingerprint density at radius 1 is 0.840 bits per heavy atom. The molecule has 0 saturated heterocycles. The van der Waals surface area contributed by atoms with Crippen LogP contribution in [0.4, 0.5) is 4.79 Å². The Labute approximate surface area is 147 Å². The quantitative estimate of drug-likeness (QED) is 0.313. The number of aliphatic carboxylic acids is 1. The average molecular weight is 367 g/mol. The fraction of sp³-hybridized carbons (Fsp3) is 0.867. The predicted octanol–water partition coefficient (Wildman–Crippen LogP) is -0.365. The molecule has 0 aromatic carbocycles. The Morgan fingerprint density at radius 3 is 1.72 bits per heavy atom. The molecule has 0 aromatic heterocycles. The van der Waals surface area contributed by atoms with E-state index in [0.29, 0.717) is 46.2 Å². The number of hydrogen-bond donors (Lipinski definition) is 3. The van der Waals surface area contributed by atoms with E-state index in [-0.39, 0.29) is 19.8 Å². The molecule has 0 saturated carbocycles. The topological polar surface area (TPSA) is 133 Å². The van der Waals surface area contributed by atoms with Crippen molar-refractivity contribution in [3.63, 3.8) is 0 Å². The molecule has 0 bridgehead atoms. The standard InChI is InChI=1S/C15H29NO9/c1-15(2,13(18)19)25-14(20)16-3-5-21-7-9-23-11-12-24-10-8-22-6-4-17/h17H,3-12H2,1-2H3,(H,16,20)(H,18,19). The lowest BCUT2D eigenvalue weighted by Crippen LogP contribution is -2.41. The molecule has 25 heavy (non-hydrogen) atoms. The molecular formula is C15H29NO9. The maximum atomic E-state index is 11.4. The van der Waals surface area contributed by atoms with Crippen molar-refractivity contribution in [3.05, 3.63) is 0 Å². The van der Waals surface area contributed by atoms with E-state index in [1.165, 1.54) is 13.8 Å². The molecule has 148 valence electrons. The largest absolute Gasteiger partial charge is 0.478 e. The van der Waals surface area contributed by atoms with Crippen LogP contribution in [0.1, 0.15) is 13.8 Å². The monoisotopic (exact) mass is 367 g/mol. The van der Waals surface area contributed by atoms with Gasteiger partial charge in [0.15, 0.2) is 0 Å². The van der Waals surface area contributed by atoms with E-state index in [9.17, 15) is 9.59 Å². The number of hydrogen-bond acceptors (Lipinski definition) is 8. The summed E-state index contributed by atoms with van der Waals surface area (Å²) in [6.07, 6.45) is -0.813. The number of carbonyl (C=O) groups excluding carboxylic acids is 1. The Morgan fingerprint density at radius 2 is 1.28 bits per heavy atom. The van der Waals surface area contributed by atoms with Gasteiger partial charge in [-0.1, -0.05) is 0 Å². The van der Waals surface area contributed by atoms with Gasteiger partial charge in [0, 0.05) is 6.54 Å². The summed E-state index contributed by atoms with van der Waals surface area (Å²) in [7, 11) is 0. The highest BCUT2D eigenvalue weighted by atomic mass is 16.6. The van der Waals surface area contributed by atoms with E-state index < -0.39 is 17.7 Å². The fourth-order valence-corrected chi connectivity index (χ4v) is 1.36. The van der Waals surface area contributed by atoms with Gasteiger partial charge in [-0.3, -0.25) is 0 Å². The van der Waals surface area contributed by atoms with Gasteiger partial charge in [-0.25, -0.2) is 9.59 Å². The van der Waals surface area contributed by atoms with E-state index in [4.69, 9.17) is 33.9 Å². The Hall–Kier alpha value is -1.46. The molecule has 0 aliphatic carbocycles. The molecule has 0 aliphatic heterocycles. The summed E-state index contributed by atoms with van der Waals surface area (Å²) in [4.78, 5) is 22.2. The van der Waals surface area contributed by atoms with Crippen LogP contribution in [0.25, 0.3) is 0 Å². The van der Waals surface area contributed by atoms with E-state index in [1.807, 2.05) is 0 Å². The number of carboxylic acid groups (broad SMARTS) is 1.